The first-order valence-electron chi connectivity index (χ1n) is 10.4. The van der Waals surface area contributed by atoms with E-state index < -0.39 is 19.7 Å². The van der Waals surface area contributed by atoms with Gasteiger partial charge in [0, 0.05) is 24.2 Å². The SMILES string of the molecule is CC(C)(C)[Si](C)(C)OCCCCC#CC#CC1(O)c2ccccc2C12OCCO2. The maximum atomic E-state index is 11.1. The summed E-state index contributed by atoms with van der Waals surface area (Å²) in [5, 5.41) is 11.4. The van der Waals surface area contributed by atoms with Crippen LogP contribution in [0.25, 0.3) is 0 Å². The molecule has 1 atom stereocenters. The highest BCUT2D eigenvalue weighted by Crippen LogP contribution is 2.57. The van der Waals surface area contributed by atoms with Crippen molar-refractivity contribution in [2.75, 3.05) is 19.8 Å². The van der Waals surface area contributed by atoms with Gasteiger partial charge < -0.3 is 19.0 Å². The molecule has 1 fully saturated rings. The van der Waals surface area contributed by atoms with Crippen LogP contribution in [-0.2, 0) is 25.3 Å². The number of fused-ring (bicyclic) bond motifs is 2. The fourth-order valence-corrected chi connectivity index (χ4v) is 4.50. The lowest BCUT2D eigenvalue weighted by Crippen LogP contribution is -2.58. The summed E-state index contributed by atoms with van der Waals surface area (Å²) in [6.45, 7) is 13.0. The van der Waals surface area contributed by atoms with Gasteiger partial charge in [0.25, 0.3) is 0 Å². The van der Waals surface area contributed by atoms with Gasteiger partial charge in [-0.2, -0.15) is 0 Å². The maximum absolute atomic E-state index is 11.1. The molecule has 29 heavy (non-hydrogen) atoms. The number of hydrogen-bond acceptors (Lipinski definition) is 4. The highest BCUT2D eigenvalue weighted by atomic mass is 28.4. The summed E-state index contributed by atoms with van der Waals surface area (Å²) in [6.07, 6.45) is 2.74. The van der Waals surface area contributed by atoms with Crippen LogP contribution in [0.4, 0.5) is 0 Å². The molecule has 1 N–H and O–H groups in total. The van der Waals surface area contributed by atoms with E-state index in [-0.39, 0.29) is 5.04 Å². The quantitative estimate of drug-likeness (QED) is 0.445. The van der Waals surface area contributed by atoms with Crippen molar-refractivity contribution < 1.29 is 19.0 Å². The first-order valence-corrected chi connectivity index (χ1v) is 13.3. The van der Waals surface area contributed by atoms with Gasteiger partial charge in [-0.05, 0) is 48.7 Å². The summed E-state index contributed by atoms with van der Waals surface area (Å²) in [4.78, 5) is 0. The van der Waals surface area contributed by atoms with Crippen LogP contribution >= 0.6 is 0 Å². The van der Waals surface area contributed by atoms with E-state index in [9.17, 15) is 5.11 Å². The Morgan fingerprint density at radius 3 is 2.38 bits per heavy atom. The zero-order valence-electron chi connectivity index (χ0n) is 18.2. The Morgan fingerprint density at radius 1 is 1.07 bits per heavy atom. The Bertz CT molecular complexity index is 857. The van der Waals surface area contributed by atoms with Gasteiger partial charge in [-0.1, -0.05) is 51.0 Å². The molecule has 0 amide bonds. The standard InChI is InChI=1S/C24H32O4Si/c1-22(2,3)29(4,5)28-17-13-9-7-6-8-12-16-23(25)20-14-10-11-15-21(20)24(23)26-18-19-27-24/h10-11,14-15,25H,7,9,13,17-19H2,1-5H3. The van der Waals surface area contributed by atoms with Crippen LogP contribution in [0.15, 0.2) is 24.3 Å². The topological polar surface area (TPSA) is 47.9 Å². The lowest BCUT2D eigenvalue weighted by atomic mass is 9.67. The van der Waals surface area contributed by atoms with Gasteiger partial charge in [0.1, 0.15) is 0 Å². The highest BCUT2D eigenvalue weighted by molar-refractivity contribution is 6.74. The molecule has 1 saturated heterocycles. The fourth-order valence-electron chi connectivity index (χ4n) is 3.41. The van der Waals surface area contributed by atoms with Crippen LogP contribution in [0.1, 0.15) is 51.2 Å². The van der Waals surface area contributed by atoms with Crippen molar-refractivity contribution in [2.24, 2.45) is 0 Å². The Kier molecular flexibility index (Phi) is 6.29. The van der Waals surface area contributed by atoms with E-state index >= 15 is 0 Å². The van der Waals surface area contributed by atoms with E-state index in [1.165, 1.54) is 0 Å². The van der Waals surface area contributed by atoms with Gasteiger partial charge in [0.2, 0.25) is 11.4 Å². The summed E-state index contributed by atoms with van der Waals surface area (Å²) in [7, 11) is -1.66. The Morgan fingerprint density at radius 2 is 1.72 bits per heavy atom. The van der Waals surface area contributed by atoms with Crippen molar-refractivity contribution in [1.82, 2.24) is 0 Å². The molecule has 3 rings (SSSR count). The van der Waals surface area contributed by atoms with Crippen molar-refractivity contribution in [3.8, 4) is 23.7 Å². The summed E-state index contributed by atoms with van der Waals surface area (Å²) < 4.78 is 17.7. The van der Waals surface area contributed by atoms with Gasteiger partial charge in [-0.3, -0.25) is 0 Å². The third-order valence-electron chi connectivity index (χ3n) is 6.20. The second-order valence-corrected chi connectivity index (χ2v) is 14.0. The molecule has 156 valence electrons. The zero-order valence-corrected chi connectivity index (χ0v) is 19.2. The second kappa shape index (κ2) is 8.26. The number of aliphatic hydroxyl groups is 1. The minimum absolute atomic E-state index is 0.243. The van der Waals surface area contributed by atoms with Gasteiger partial charge in [-0.15, -0.1) is 0 Å². The molecular weight excluding hydrogens is 380 g/mol. The molecule has 2 aliphatic rings. The third kappa shape index (κ3) is 4.04. The third-order valence-corrected chi connectivity index (χ3v) is 10.7. The lowest BCUT2D eigenvalue weighted by molar-refractivity contribution is -0.287. The Hall–Kier alpha value is -1.60. The molecule has 0 saturated carbocycles. The number of unbranched alkanes of at least 4 members (excludes halogenated alkanes) is 2. The van der Waals surface area contributed by atoms with Crippen LogP contribution in [0.3, 0.4) is 0 Å². The molecule has 0 radical (unpaired) electrons. The molecule has 0 bridgehead atoms. The van der Waals surface area contributed by atoms with Crippen molar-refractivity contribution in [1.29, 1.82) is 0 Å². The summed E-state index contributed by atoms with van der Waals surface area (Å²) in [5.74, 6) is 10.5. The van der Waals surface area contributed by atoms with Gasteiger partial charge in [0.05, 0.1) is 13.2 Å². The van der Waals surface area contributed by atoms with Crippen LogP contribution < -0.4 is 0 Å². The van der Waals surface area contributed by atoms with E-state index in [2.05, 4.69) is 57.5 Å². The maximum Gasteiger partial charge on any atom is 0.241 e. The first kappa shape index (κ1) is 22.1. The van der Waals surface area contributed by atoms with Crippen LogP contribution in [0.2, 0.25) is 18.1 Å². The number of hydrogen-bond donors (Lipinski definition) is 1. The normalized spacial score (nSPS) is 22.1. The average Bonchev–Trinajstić information content (AvgIpc) is 3.18. The second-order valence-electron chi connectivity index (χ2n) is 9.19. The molecule has 1 heterocycles. The zero-order chi connectivity index (χ0) is 21.2. The molecule has 1 aliphatic carbocycles. The van der Waals surface area contributed by atoms with E-state index in [1.807, 2.05) is 24.3 Å². The minimum atomic E-state index is -1.66. The first-order chi connectivity index (χ1) is 13.6. The number of ether oxygens (including phenoxy) is 2. The minimum Gasteiger partial charge on any atom is -0.417 e. The van der Waals surface area contributed by atoms with Gasteiger partial charge in [0.15, 0.2) is 8.32 Å². The van der Waals surface area contributed by atoms with E-state index in [0.29, 0.717) is 13.2 Å². The molecular formula is C24H32O4Si. The van der Waals surface area contributed by atoms with E-state index in [4.69, 9.17) is 13.9 Å². The average molecular weight is 413 g/mol. The van der Waals surface area contributed by atoms with Gasteiger partial charge >= 0.3 is 0 Å². The smallest absolute Gasteiger partial charge is 0.241 e. The molecule has 1 aliphatic heterocycles. The van der Waals surface area contributed by atoms with Crippen LogP contribution in [0, 0.1) is 23.7 Å². The molecule has 1 aromatic carbocycles. The molecule has 1 unspecified atom stereocenters. The predicted molar refractivity (Wildman–Crippen MR) is 116 cm³/mol. The van der Waals surface area contributed by atoms with Gasteiger partial charge in [-0.25, -0.2) is 0 Å². The van der Waals surface area contributed by atoms with Crippen molar-refractivity contribution in [2.45, 2.75) is 69.6 Å². The summed E-state index contributed by atoms with van der Waals surface area (Å²) in [5.41, 5.74) is 0.120. The molecule has 0 aromatic heterocycles. The molecule has 4 nitrogen and oxygen atoms in total. The molecule has 5 heteroatoms. The summed E-state index contributed by atoms with van der Waals surface area (Å²) in [6, 6.07) is 7.56. The van der Waals surface area contributed by atoms with E-state index in [0.717, 1.165) is 37.0 Å². The lowest BCUT2D eigenvalue weighted by Gasteiger charge is -2.49. The fraction of sp³-hybridized carbons (Fsp3) is 0.583. The van der Waals surface area contributed by atoms with Crippen LogP contribution in [0.5, 0.6) is 0 Å². The van der Waals surface area contributed by atoms with Crippen molar-refractivity contribution in [3.63, 3.8) is 0 Å². The highest BCUT2D eigenvalue weighted by Gasteiger charge is 2.67. The molecule has 1 aromatic rings. The monoisotopic (exact) mass is 412 g/mol. The van der Waals surface area contributed by atoms with Crippen molar-refractivity contribution >= 4 is 8.32 Å². The van der Waals surface area contributed by atoms with E-state index in [1.54, 1.807) is 0 Å². The Balaban J connectivity index is 1.51. The Labute approximate surface area is 176 Å². The molecule has 1 spiro atoms. The van der Waals surface area contributed by atoms with Crippen LogP contribution in [-0.4, -0.2) is 33.2 Å². The van der Waals surface area contributed by atoms with Crippen molar-refractivity contribution in [3.05, 3.63) is 35.4 Å². The number of rotatable bonds is 5. The largest absolute Gasteiger partial charge is 0.417 e. The number of benzene rings is 1. The predicted octanol–water partition coefficient (Wildman–Crippen LogP) is 4.29. The summed E-state index contributed by atoms with van der Waals surface area (Å²) >= 11 is 0.